The van der Waals surface area contributed by atoms with Gasteiger partial charge in [-0.05, 0) is 56.1 Å². The zero-order valence-corrected chi connectivity index (χ0v) is 20.9. The second kappa shape index (κ2) is 10.0. The van der Waals surface area contributed by atoms with Crippen LogP contribution in [0.4, 0.5) is 13.2 Å². The van der Waals surface area contributed by atoms with Crippen molar-refractivity contribution in [3.63, 3.8) is 0 Å². The quantitative estimate of drug-likeness (QED) is 0.328. The van der Waals surface area contributed by atoms with Gasteiger partial charge >= 0.3 is 0 Å². The van der Waals surface area contributed by atoms with Gasteiger partial charge in [0.25, 0.3) is 5.91 Å². The first-order chi connectivity index (χ1) is 18.7. The van der Waals surface area contributed by atoms with Crippen molar-refractivity contribution in [2.75, 3.05) is 14.1 Å². The van der Waals surface area contributed by atoms with Crippen LogP contribution in [-0.4, -0.2) is 39.7 Å². The fourth-order valence-electron chi connectivity index (χ4n) is 4.50. The van der Waals surface area contributed by atoms with Crippen molar-refractivity contribution in [3.8, 4) is 34.0 Å². The number of hydrogen-bond acceptors (Lipinski definition) is 5. The second-order valence-electron chi connectivity index (χ2n) is 9.15. The molecule has 0 saturated carbocycles. The molecular weight excluding hydrogens is 505 g/mol. The minimum Gasteiger partial charge on any atom is -0.364 e. The van der Waals surface area contributed by atoms with Gasteiger partial charge in [0.1, 0.15) is 23.2 Å². The molecule has 0 unspecified atom stereocenters. The molecule has 0 bridgehead atoms. The van der Waals surface area contributed by atoms with E-state index >= 15 is 8.78 Å². The normalized spacial score (nSPS) is 11.2. The van der Waals surface area contributed by atoms with Crippen molar-refractivity contribution < 1.29 is 18.0 Å². The van der Waals surface area contributed by atoms with Crippen molar-refractivity contribution in [2.24, 2.45) is 5.73 Å². The average molecular weight is 527 g/mol. The predicted octanol–water partition coefficient (Wildman–Crippen LogP) is 5.20. The van der Waals surface area contributed by atoms with Gasteiger partial charge in [0.05, 0.1) is 16.9 Å². The monoisotopic (exact) mass is 526 g/mol. The molecule has 1 amide bonds. The first kappa shape index (κ1) is 25.6. The molecule has 5 rings (SSSR count). The molecule has 194 valence electrons. The zero-order chi connectivity index (χ0) is 27.8. The molecule has 0 radical (unpaired) electrons. The number of primary amides is 1. The predicted molar refractivity (Wildman–Crippen MR) is 140 cm³/mol. The van der Waals surface area contributed by atoms with Crippen LogP contribution < -0.4 is 5.73 Å². The van der Waals surface area contributed by atoms with E-state index < -0.39 is 23.4 Å². The molecule has 0 saturated heterocycles. The Morgan fingerprint density at radius 1 is 1.00 bits per heavy atom. The van der Waals surface area contributed by atoms with Crippen LogP contribution in [0, 0.1) is 28.8 Å². The first-order valence-electron chi connectivity index (χ1n) is 11.8. The summed E-state index contributed by atoms with van der Waals surface area (Å²) in [7, 11) is 3.81. The number of amides is 1. The Bertz CT molecular complexity index is 1810. The van der Waals surface area contributed by atoms with Gasteiger partial charge in [-0.1, -0.05) is 24.3 Å². The number of carbonyl (C=O) groups excluding carboxylic acids is 1. The number of hydrogen-bond donors (Lipinski definition) is 1. The van der Waals surface area contributed by atoms with Crippen LogP contribution in [0.5, 0.6) is 0 Å². The molecule has 7 nitrogen and oxygen atoms in total. The number of nitrogens with zero attached hydrogens (tertiary/aromatic N) is 5. The highest BCUT2D eigenvalue weighted by Crippen LogP contribution is 2.35. The molecule has 0 atom stereocenters. The smallest absolute Gasteiger partial charge is 0.269 e. The number of aromatic nitrogens is 3. The number of benzene rings is 3. The van der Waals surface area contributed by atoms with Gasteiger partial charge in [-0.15, -0.1) is 0 Å². The Balaban J connectivity index is 1.67. The van der Waals surface area contributed by atoms with Crippen molar-refractivity contribution in [3.05, 3.63) is 101 Å². The summed E-state index contributed by atoms with van der Waals surface area (Å²) in [6.45, 7) is 0.550. The summed E-state index contributed by atoms with van der Waals surface area (Å²) >= 11 is 0. The lowest BCUT2D eigenvalue weighted by atomic mass is 9.97. The molecule has 39 heavy (non-hydrogen) atoms. The number of rotatable bonds is 6. The maximum Gasteiger partial charge on any atom is 0.269 e. The third-order valence-corrected chi connectivity index (χ3v) is 6.26. The van der Waals surface area contributed by atoms with Crippen LogP contribution in [0.15, 0.2) is 66.9 Å². The molecule has 0 spiro atoms. The lowest BCUT2D eigenvalue weighted by Gasteiger charge is -2.14. The van der Waals surface area contributed by atoms with E-state index in [0.717, 1.165) is 22.0 Å². The van der Waals surface area contributed by atoms with Gasteiger partial charge in [-0.25, -0.2) is 17.9 Å². The third kappa shape index (κ3) is 4.60. The Morgan fingerprint density at radius 2 is 1.77 bits per heavy atom. The molecule has 5 aromatic rings. The Hall–Kier alpha value is -5.01. The minimum atomic E-state index is -0.908. The summed E-state index contributed by atoms with van der Waals surface area (Å²) in [5, 5.41) is 13.4. The lowest BCUT2D eigenvalue weighted by Crippen LogP contribution is -2.12. The van der Waals surface area contributed by atoms with Gasteiger partial charge in [0, 0.05) is 34.8 Å². The van der Waals surface area contributed by atoms with Crippen molar-refractivity contribution in [1.82, 2.24) is 19.7 Å². The SMILES string of the molecule is CN(C)Cc1ncccc1-c1ccc(-c2ccc3c(C(N)=O)nn(-c4ccc(F)c(C#N)c4)c3c2F)c(F)c1. The topological polar surface area (TPSA) is 101 Å². The van der Waals surface area contributed by atoms with Crippen LogP contribution in [-0.2, 0) is 6.54 Å². The highest BCUT2D eigenvalue weighted by Gasteiger charge is 2.23. The second-order valence-corrected chi connectivity index (χ2v) is 9.15. The molecule has 2 N–H and O–H groups in total. The Kier molecular flexibility index (Phi) is 6.60. The molecule has 2 aromatic heterocycles. The highest BCUT2D eigenvalue weighted by atomic mass is 19.1. The Labute approximate surface area is 221 Å². The third-order valence-electron chi connectivity index (χ3n) is 6.26. The largest absolute Gasteiger partial charge is 0.364 e. The molecule has 0 aliphatic rings. The molecule has 10 heteroatoms. The summed E-state index contributed by atoms with van der Waals surface area (Å²) in [4.78, 5) is 18.4. The van der Waals surface area contributed by atoms with Crippen molar-refractivity contribution in [1.29, 1.82) is 5.26 Å². The summed E-state index contributed by atoms with van der Waals surface area (Å²) in [6.07, 6.45) is 1.67. The van der Waals surface area contributed by atoms with Gasteiger partial charge in [-0.2, -0.15) is 10.4 Å². The van der Waals surface area contributed by atoms with E-state index in [0.29, 0.717) is 12.1 Å². The summed E-state index contributed by atoms with van der Waals surface area (Å²) in [5.74, 6) is -3.20. The standard InChI is InChI=1S/C29H21F3N6O/c1-37(2)15-25-19(4-3-11-35-25)16-5-7-20(24(31)13-16)21-8-9-22-27(29(34)39)36-38(28(22)26(21)32)18-6-10-23(30)17(12-18)14-33/h3-13H,15H2,1-2H3,(H2,34,39). The van der Waals surface area contributed by atoms with E-state index in [2.05, 4.69) is 10.1 Å². The minimum absolute atomic E-state index is 0.0126. The van der Waals surface area contributed by atoms with E-state index in [1.807, 2.05) is 25.1 Å². The number of nitriles is 1. The van der Waals surface area contributed by atoms with Crippen molar-refractivity contribution >= 4 is 16.8 Å². The molecule has 0 aliphatic heterocycles. The number of nitrogens with two attached hydrogens (primary N) is 1. The molecular formula is C29H21F3N6O. The van der Waals surface area contributed by atoms with Crippen LogP contribution in [0.3, 0.4) is 0 Å². The molecule has 0 fully saturated rings. The average Bonchev–Trinajstić information content (AvgIpc) is 3.30. The molecule has 2 heterocycles. The molecule has 3 aromatic carbocycles. The van der Waals surface area contributed by atoms with Crippen LogP contribution in [0.25, 0.3) is 38.8 Å². The summed E-state index contributed by atoms with van der Waals surface area (Å²) in [5.41, 5.74) is 6.93. The fourth-order valence-corrected chi connectivity index (χ4v) is 4.50. The fraction of sp³-hybridized carbons (Fsp3) is 0.103. The molecule has 0 aliphatic carbocycles. The van der Waals surface area contributed by atoms with Gasteiger partial charge in [0.15, 0.2) is 11.5 Å². The van der Waals surface area contributed by atoms with Crippen LogP contribution >= 0.6 is 0 Å². The number of carbonyl (C=O) groups is 1. The number of pyridine rings is 1. The van der Waals surface area contributed by atoms with Gasteiger partial charge in [-0.3, -0.25) is 9.78 Å². The van der Waals surface area contributed by atoms with E-state index in [4.69, 9.17) is 5.73 Å². The summed E-state index contributed by atoms with van der Waals surface area (Å²) < 4.78 is 46.6. The van der Waals surface area contributed by atoms with Crippen LogP contribution in [0.1, 0.15) is 21.7 Å². The van der Waals surface area contributed by atoms with Gasteiger partial charge < -0.3 is 10.6 Å². The first-order valence-corrected chi connectivity index (χ1v) is 11.8. The van der Waals surface area contributed by atoms with Crippen LogP contribution in [0.2, 0.25) is 0 Å². The number of fused-ring (bicyclic) bond motifs is 1. The van der Waals surface area contributed by atoms with Gasteiger partial charge in [0.2, 0.25) is 0 Å². The number of halogens is 3. The van der Waals surface area contributed by atoms with E-state index in [1.165, 1.54) is 36.4 Å². The van der Waals surface area contributed by atoms with E-state index in [9.17, 15) is 14.4 Å². The maximum absolute atomic E-state index is 16.1. The van der Waals surface area contributed by atoms with E-state index in [1.54, 1.807) is 24.4 Å². The van der Waals surface area contributed by atoms with Crippen molar-refractivity contribution in [2.45, 2.75) is 6.54 Å². The maximum atomic E-state index is 16.1. The lowest BCUT2D eigenvalue weighted by molar-refractivity contribution is 0.0996. The zero-order valence-electron chi connectivity index (χ0n) is 20.9. The van der Waals surface area contributed by atoms with E-state index in [-0.39, 0.29) is 39.0 Å². The summed E-state index contributed by atoms with van der Waals surface area (Å²) in [6, 6.07) is 16.1. The highest BCUT2D eigenvalue weighted by molar-refractivity contribution is 6.05. The Morgan fingerprint density at radius 3 is 2.46 bits per heavy atom.